The Kier molecular flexibility index (Phi) is 6.49. The summed E-state index contributed by atoms with van der Waals surface area (Å²) in [7, 11) is 0. The highest BCUT2D eigenvalue weighted by Gasteiger charge is 2.23. The number of carbonyl (C=O) groups excluding carboxylic acids is 1. The molecule has 1 aromatic carbocycles. The van der Waals surface area contributed by atoms with E-state index in [-0.39, 0.29) is 23.6 Å². The number of carbonyl (C=O) groups is 1. The first-order valence-corrected chi connectivity index (χ1v) is 8.88. The lowest BCUT2D eigenvalue weighted by Crippen LogP contribution is -2.49. The van der Waals surface area contributed by atoms with Gasteiger partial charge in [0.15, 0.2) is 0 Å². The van der Waals surface area contributed by atoms with Crippen molar-refractivity contribution < 1.29 is 9.90 Å². The highest BCUT2D eigenvalue weighted by Crippen LogP contribution is 2.21. The summed E-state index contributed by atoms with van der Waals surface area (Å²) in [5, 5.41) is 15.5. The SMILES string of the molecule is CC(O)CC(C)(C)CNC(=O)NC1CCN(c2ccccc2)CC1. The Balaban J connectivity index is 1.71. The lowest BCUT2D eigenvalue weighted by molar-refractivity contribution is 0.128. The molecule has 0 radical (unpaired) electrons. The fraction of sp³-hybridized carbons (Fsp3) is 0.632. The van der Waals surface area contributed by atoms with Gasteiger partial charge in [-0.2, -0.15) is 0 Å². The van der Waals surface area contributed by atoms with Gasteiger partial charge in [-0.25, -0.2) is 4.79 Å². The lowest BCUT2D eigenvalue weighted by atomic mass is 9.87. The number of piperidine rings is 1. The van der Waals surface area contributed by atoms with Crippen molar-refractivity contribution in [3.8, 4) is 0 Å². The molecule has 2 amide bonds. The molecule has 1 aromatic rings. The highest BCUT2D eigenvalue weighted by atomic mass is 16.3. The number of nitrogens with zero attached hydrogens (tertiary/aromatic N) is 1. The number of anilines is 1. The number of aliphatic hydroxyl groups excluding tert-OH is 1. The van der Waals surface area contributed by atoms with E-state index in [9.17, 15) is 9.90 Å². The van der Waals surface area contributed by atoms with Gasteiger partial charge >= 0.3 is 6.03 Å². The molecule has 5 heteroatoms. The Labute approximate surface area is 145 Å². The van der Waals surface area contributed by atoms with Crippen LogP contribution in [0, 0.1) is 5.41 Å². The number of nitrogens with one attached hydrogen (secondary N) is 2. The normalized spacial score (nSPS) is 17.4. The molecular formula is C19H31N3O2. The molecule has 0 spiro atoms. The summed E-state index contributed by atoms with van der Waals surface area (Å²) in [4.78, 5) is 14.5. The summed E-state index contributed by atoms with van der Waals surface area (Å²) < 4.78 is 0. The Morgan fingerprint density at radius 1 is 1.29 bits per heavy atom. The molecule has 0 aromatic heterocycles. The number of hydrogen-bond donors (Lipinski definition) is 3. The Hall–Kier alpha value is -1.75. The predicted octanol–water partition coefficient (Wildman–Crippen LogP) is 2.75. The number of urea groups is 1. The molecule has 1 aliphatic heterocycles. The summed E-state index contributed by atoms with van der Waals surface area (Å²) in [5.41, 5.74) is 1.14. The van der Waals surface area contributed by atoms with Crippen molar-refractivity contribution in [3.63, 3.8) is 0 Å². The zero-order valence-corrected chi connectivity index (χ0v) is 15.1. The third kappa shape index (κ3) is 6.04. The van der Waals surface area contributed by atoms with Crippen LogP contribution in [0.25, 0.3) is 0 Å². The molecule has 1 fully saturated rings. The van der Waals surface area contributed by atoms with Crippen molar-refractivity contribution >= 4 is 11.7 Å². The molecule has 1 saturated heterocycles. The van der Waals surface area contributed by atoms with Crippen molar-refractivity contribution in [2.24, 2.45) is 5.41 Å². The van der Waals surface area contributed by atoms with E-state index in [0.717, 1.165) is 25.9 Å². The summed E-state index contributed by atoms with van der Waals surface area (Å²) in [5.74, 6) is 0. The molecule has 134 valence electrons. The Morgan fingerprint density at radius 2 is 1.92 bits per heavy atom. The third-order valence-electron chi connectivity index (χ3n) is 4.53. The molecule has 3 N–H and O–H groups in total. The van der Waals surface area contributed by atoms with Crippen LogP contribution in [0.2, 0.25) is 0 Å². The van der Waals surface area contributed by atoms with Gasteiger partial charge in [-0.05, 0) is 43.7 Å². The van der Waals surface area contributed by atoms with Crippen LogP contribution in [-0.4, -0.2) is 42.9 Å². The first kappa shape index (κ1) is 18.6. The van der Waals surface area contributed by atoms with E-state index >= 15 is 0 Å². The number of benzene rings is 1. The van der Waals surface area contributed by atoms with E-state index in [2.05, 4.69) is 53.6 Å². The van der Waals surface area contributed by atoms with Crippen molar-refractivity contribution in [1.82, 2.24) is 10.6 Å². The largest absolute Gasteiger partial charge is 0.393 e. The van der Waals surface area contributed by atoms with Crippen LogP contribution in [0.5, 0.6) is 0 Å². The van der Waals surface area contributed by atoms with Crippen molar-refractivity contribution in [3.05, 3.63) is 30.3 Å². The average Bonchev–Trinajstić information content (AvgIpc) is 2.53. The van der Waals surface area contributed by atoms with Gasteiger partial charge in [0.1, 0.15) is 0 Å². The molecule has 1 aliphatic rings. The monoisotopic (exact) mass is 333 g/mol. The first-order chi connectivity index (χ1) is 11.4. The van der Waals surface area contributed by atoms with Gasteiger partial charge < -0.3 is 20.6 Å². The Morgan fingerprint density at radius 3 is 2.50 bits per heavy atom. The number of amides is 2. The van der Waals surface area contributed by atoms with Gasteiger partial charge in [0.25, 0.3) is 0 Å². The molecule has 5 nitrogen and oxygen atoms in total. The van der Waals surface area contributed by atoms with E-state index in [1.54, 1.807) is 6.92 Å². The lowest BCUT2D eigenvalue weighted by Gasteiger charge is -2.34. The maximum atomic E-state index is 12.1. The number of hydrogen-bond acceptors (Lipinski definition) is 3. The van der Waals surface area contributed by atoms with E-state index in [0.29, 0.717) is 13.0 Å². The topological polar surface area (TPSA) is 64.6 Å². The molecule has 1 unspecified atom stereocenters. The fourth-order valence-corrected chi connectivity index (χ4v) is 3.35. The second-order valence-corrected chi connectivity index (χ2v) is 7.64. The molecule has 1 heterocycles. The molecule has 2 rings (SSSR count). The smallest absolute Gasteiger partial charge is 0.315 e. The summed E-state index contributed by atoms with van der Waals surface area (Å²) in [6.07, 6.45) is 2.23. The van der Waals surface area contributed by atoms with Crippen LogP contribution >= 0.6 is 0 Å². The van der Waals surface area contributed by atoms with Crippen molar-refractivity contribution in [2.75, 3.05) is 24.5 Å². The number of aliphatic hydroxyl groups is 1. The van der Waals surface area contributed by atoms with Crippen LogP contribution < -0.4 is 15.5 Å². The van der Waals surface area contributed by atoms with Crippen molar-refractivity contribution in [1.29, 1.82) is 0 Å². The second kappa shape index (κ2) is 8.38. The van der Waals surface area contributed by atoms with Gasteiger partial charge in [-0.1, -0.05) is 32.0 Å². The second-order valence-electron chi connectivity index (χ2n) is 7.64. The molecule has 0 bridgehead atoms. The minimum absolute atomic E-state index is 0.105. The zero-order valence-electron chi connectivity index (χ0n) is 15.1. The fourth-order valence-electron chi connectivity index (χ4n) is 3.35. The van der Waals surface area contributed by atoms with Gasteiger partial charge in [-0.15, -0.1) is 0 Å². The van der Waals surface area contributed by atoms with Gasteiger partial charge in [0.05, 0.1) is 6.10 Å². The minimum Gasteiger partial charge on any atom is -0.393 e. The summed E-state index contributed by atoms with van der Waals surface area (Å²) in [6, 6.07) is 10.5. The maximum absolute atomic E-state index is 12.1. The Bertz CT molecular complexity index is 509. The summed E-state index contributed by atoms with van der Waals surface area (Å²) >= 11 is 0. The molecular weight excluding hydrogens is 302 g/mol. The highest BCUT2D eigenvalue weighted by molar-refractivity contribution is 5.74. The third-order valence-corrected chi connectivity index (χ3v) is 4.53. The van der Waals surface area contributed by atoms with Gasteiger partial charge in [0, 0.05) is 31.4 Å². The van der Waals surface area contributed by atoms with Crippen molar-refractivity contribution in [2.45, 2.75) is 52.2 Å². The average molecular weight is 333 g/mol. The minimum atomic E-state index is -0.354. The maximum Gasteiger partial charge on any atom is 0.315 e. The zero-order chi connectivity index (χ0) is 17.6. The molecule has 24 heavy (non-hydrogen) atoms. The number of para-hydroxylation sites is 1. The van der Waals surface area contributed by atoms with Crippen LogP contribution in [0.3, 0.4) is 0 Å². The van der Waals surface area contributed by atoms with E-state index in [1.807, 2.05) is 6.07 Å². The first-order valence-electron chi connectivity index (χ1n) is 8.88. The predicted molar refractivity (Wildman–Crippen MR) is 98.3 cm³/mol. The van der Waals surface area contributed by atoms with E-state index in [4.69, 9.17) is 0 Å². The summed E-state index contributed by atoms with van der Waals surface area (Å²) in [6.45, 7) is 8.37. The van der Waals surface area contributed by atoms with E-state index < -0.39 is 0 Å². The van der Waals surface area contributed by atoms with Crippen LogP contribution in [0.1, 0.15) is 40.0 Å². The number of rotatable bonds is 6. The van der Waals surface area contributed by atoms with E-state index in [1.165, 1.54) is 5.69 Å². The van der Waals surface area contributed by atoms with Crippen LogP contribution in [-0.2, 0) is 0 Å². The van der Waals surface area contributed by atoms with Gasteiger partial charge in [0.2, 0.25) is 0 Å². The van der Waals surface area contributed by atoms with Gasteiger partial charge in [-0.3, -0.25) is 0 Å². The quantitative estimate of drug-likeness (QED) is 0.750. The standard InChI is InChI=1S/C19H31N3O2/c1-15(23)13-19(2,3)14-20-18(24)21-16-9-11-22(12-10-16)17-7-5-4-6-8-17/h4-8,15-16,23H,9-14H2,1-3H3,(H2,20,21,24). The molecule has 1 atom stereocenters. The van der Waals surface area contributed by atoms with Crippen LogP contribution in [0.15, 0.2) is 30.3 Å². The molecule has 0 aliphatic carbocycles. The van der Waals surface area contributed by atoms with Crippen LogP contribution in [0.4, 0.5) is 10.5 Å². The molecule has 0 saturated carbocycles.